The molecule has 1 N–H and O–H groups in total. The van der Waals surface area contributed by atoms with Gasteiger partial charge in [-0.2, -0.15) is 0 Å². The van der Waals surface area contributed by atoms with Gasteiger partial charge in [-0.3, -0.25) is 0 Å². The summed E-state index contributed by atoms with van der Waals surface area (Å²) in [6.07, 6.45) is 2.88. The van der Waals surface area contributed by atoms with Crippen LogP contribution in [-0.4, -0.2) is 19.1 Å². The van der Waals surface area contributed by atoms with E-state index in [-0.39, 0.29) is 12.0 Å². The van der Waals surface area contributed by atoms with E-state index in [9.17, 15) is 4.79 Å². The van der Waals surface area contributed by atoms with Crippen LogP contribution in [0.3, 0.4) is 0 Å². The minimum absolute atomic E-state index is 0.191. The van der Waals surface area contributed by atoms with Crippen LogP contribution in [-0.2, 0) is 9.53 Å². The number of hydrogen-bond donors (Lipinski definition) is 1. The third-order valence-electron chi connectivity index (χ3n) is 3.23. The Kier molecular flexibility index (Phi) is 6.40. The lowest BCUT2D eigenvalue weighted by Crippen LogP contribution is -2.30. The molecular weight excluding hydrogens is 238 g/mol. The highest BCUT2D eigenvalue weighted by molar-refractivity contribution is 5.79. The highest BCUT2D eigenvalue weighted by Crippen LogP contribution is 2.20. The minimum atomic E-state index is -0.257. The van der Waals surface area contributed by atoms with Crippen molar-refractivity contribution in [3.63, 3.8) is 0 Å². The first-order valence-corrected chi connectivity index (χ1v) is 7.02. The predicted molar refractivity (Wildman–Crippen MR) is 79.5 cm³/mol. The van der Waals surface area contributed by atoms with Gasteiger partial charge in [0, 0.05) is 5.69 Å². The van der Waals surface area contributed by atoms with E-state index in [0.29, 0.717) is 5.92 Å². The molecule has 106 valence electrons. The van der Waals surface area contributed by atoms with Gasteiger partial charge in [-0.25, -0.2) is 4.79 Å². The van der Waals surface area contributed by atoms with Crippen LogP contribution < -0.4 is 5.32 Å². The summed E-state index contributed by atoms with van der Waals surface area (Å²) in [5.74, 6) is 0.289. The van der Waals surface area contributed by atoms with Crippen molar-refractivity contribution in [2.45, 2.75) is 52.0 Å². The molecule has 3 heteroatoms. The monoisotopic (exact) mass is 263 g/mol. The zero-order chi connectivity index (χ0) is 14.3. The number of nitrogens with one attached hydrogen (secondary N) is 1. The number of rotatable bonds is 7. The van der Waals surface area contributed by atoms with E-state index in [1.54, 1.807) is 0 Å². The molecule has 0 amide bonds. The SMILES string of the molecule is CCCCC(Nc1cccc(C(C)C)c1)C(=O)OC. The Morgan fingerprint density at radius 2 is 2.11 bits per heavy atom. The average molecular weight is 263 g/mol. The molecule has 0 aromatic heterocycles. The Hall–Kier alpha value is -1.51. The smallest absolute Gasteiger partial charge is 0.328 e. The molecule has 0 spiro atoms. The maximum absolute atomic E-state index is 11.8. The van der Waals surface area contributed by atoms with Crippen molar-refractivity contribution in [3.05, 3.63) is 29.8 Å². The standard InChI is InChI=1S/C16H25NO2/c1-5-6-10-15(16(18)19-4)17-14-9-7-8-13(11-14)12(2)3/h7-9,11-12,15,17H,5-6,10H2,1-4H3. The topological polar surface area (TPSA) is 38.3 Å². The zero-order valence-electron chi connectivity index (χ0n) is 12.4. The van der Waals surface area contributed by atoms with E-state index < -0.39 is 0 Å². The van der Waals surface area contributed by atoms with Crippen LogP contribution in [0.2, 0.25) is 0 Å². The van der Waals surface area contributed by atoms with Crippen molar-refractivity contribution >= 4 is 11.7 Å². The number of hydrogen-bond acceptors (Lipinski definition) is 3. The second-order valence-corrected chi connectivity index (χ2v) is 5.14. The molecule has 0 aliphatic heterocycles. The summed E-state index contributed by atoms with van der Waals surface area (Å²) in [4.78, 5) is 11.8. The summed E-state index contributed by atoms with van der Waals surface area (Å²) in [6, 6.07) is 7.97. The van der Waals surface area contributed by atoms with Gasteiger partial charge in [0.05, 0.1) is 7.11 Å². The highest BCUT2D eigenvalue weighted by atomic mass is 16.5. The van der Waals surface area contributed by atoms with Gasteiger partial charge in [-0.1, -0.05) is 45.7 Å². The van der Waals surface area contributed by atoms with Crippen LogP contribution in [0.15, 0.2) is 24.3 Å². The van der Waals surface area contributed by atoms with E-state index in [1.807, 2.05) is 12.1 Å². The van der Waals surface area contributed by atoms with E-state index in [2.05, 4.69) is 38.2 Å². The van der Waals surface area contributed by atoms with Gasteiger partial charge >= 0.3 is 5.97 Å². The highest BCUT2D eigenvalue weighted by Gasteiger charge is 2.18. The summed E-state index contributed by atoms with van der Waals surface area (Å²) in [6.45, 7) is 6.44. The van der Waals surface area contributed by atoms with Crippen LogP contribution in [0.5, 0.6) is 0 Å². The quantitative estimate of drug-likeness (QED) is 0.757. The number of esters is 1. The van der Waals surface area contributed by atoms with Crippen LogP contribution >= 0.6 is 0 Å². The normalized spacial score (nSPS) is 12.3. The minimum Gasteiger partial charge on any atom is -0.467 e. The summed E-state index contributed by atoms with van der Waals surface area (Å²) < 4.78 is 4.86. The summed E-state index contributed by atoms with van der Waals surface area (Å²) in [5.41, 5.74) is 2.25. The Morgan fingerprint density at radius 3 is 2.68 bits per heavy atom. The first kappa shape index (κ1) is 15.5. The molecule has 0 radical (unpaired) electrons. The Bertz CT molecular complexity index is 401. The molecule has 0 fully saturated rings. The van der Waals surface area contributed by atoms with Gasteiger partial charge in [0.1, 0.15) is 6.04 Å². The Balaban J connectivity index is 2.77. The largest absolute Gasteiger partial charge is 0.467 e. The molecule has 0 heterocycles. The van der Waals surface area contributed by atoms with Gasteiger partial charge < -0.3 is 10.1 Å². The summed E-state index contributed by atoms with van der Waals surface area (Å²) in [7, 11) is 1.44. The van der Waals surface area contributed by atoms with Crippen LogP contribution in [0.4, 0.5) is 5.69 Å². The molecule has 19 heavy (non-hydrogen) atoms. The molecule has 1 atom stereocenters. The second-order valence-electron chi connectivity index (χ2n) is 5.14. The fraction of sp³-hybridized carbons (Fsp3) is 0.562. The molecule has 0 saturated carbocycles. The van der Waals surface area contributed by atoms with E-state index in [0.717, 1.165) is 24.9 Å². The molecule has 0 aliphatic rings. The van der Waals surface area contributed by atoms with E-state index >= 15 is 0 Å². The number of anilines is 1. The number of ether oxygens (including phenoxy) is 1. The number of unbranched alkanes of at least 4 members (excludes halogenated alkanes) is 1. The molecule has 0 saturated heterocycles. The van der Waals surface area contributed by atoms with Gasteiger partial charge in [0.15, 0.2) is 0 Å². The lowest BCUT2D eigenvalue weighted by atomic mass is 10.0. The molecule has 0 bridgehead atoms. The van der Waals surface area contributed by atoms with E-state index in [1.165, 1.54) is 12.7 Å². The van der Waals surface area contributed by atoms with Crippen molar-refractivity contribution in [3.8, 4) is 0 Å². The van der Waals surface area contributed by atoms with Crippen molar-refractivity contribution in [1.82, 2.24) is 0 Å². The first-order valence-electron chi connectivity index (χ1n) is 7.02. The fourth-order valence-corrected chi connectivity index (χ4v) is 1.99. The van der Waals surface area contributed by atoms with Crippen molar-refractivity contribution in [2.75, 3.05) is 12.4 Å². The second kappa shape index (κ2) is 7.82. The number of carbonyl (C=O) groups excluding carboxylic acids is 1. The maximum Gasteiger partial charge on any atom is 0.328 e. The predicted octanol–water partition coefficient (Wildman–Crippen LogP) is 3.95. The Morgan fingerprint density at radius 1 is 1.37 bits per heavy atom. The van der Waals surface area contributed by atoms with Crippen LogP contribution in [0.25, 0.3) is 0 Å². The van der Waals surface area contributed by atoms with Crippen LogP contribution in [0.1, 0.15) is 51.5 Å². The fourth-order valence-electron chi connectivity index (χ4n) is 1.99. The third-order valence-corrected chi connectivity index (χ3v) is 3.23. The first-order chi connectivity index (χ1) is 9.08. The van der Waals surface area contributed by atoms with Gasteiger partial charge in [-0.15, -0.1) is 0 Å². The lowest BCUT2D eigenvalue weighted by molar-refractivity contribution is -0.141. The van der Waals surface area contributed by atoms with E-state index in [4.69, 9.17) is 4.74 Å². The van der Waals surface area contributed by atoms with Crippen molar-refractivity contribution in [1.29, 1.82) is 0 Å². The maximum atomic E-state index is 11.8. The molecule has 1 rings (SSSR count). The summed E-state index contributed by atoms with van der Waals surface area (Å²) >= 11 is 0. The summed E-state index contributed by atoms with van der Waals surface area (Å²) in [5, 5.41) is 3.29. The molecule has 1 aromatic carbocycles. The van der Waals surface area contributed by atoms with Gasteiger partial charge in [0.2, 0.25) is 0 Å². The van der Waals surface area contributed by atoms with Crippen LogP contribution in [0, 0.1) is 0 Å². The van der Waals surface area contributed by atoms with Crippen molar-refractivity contribution in [2.24, 2.45) is 0 Å². The van der Waals surface area contributed by atoms with Crippen molar-refractivity contribution < 1.29 is 9.53 Å². The van der Waals surface area contributed by atoms with Gasteiger partial charge in [0.25, 0.3) is 0 Å². The van der Waals surface area contributed by atoms with Gasteiger partial charge in [-0.05, 0) is 30.0 Å². The Labute approximate surface area is 116 Å². The lowest BCUT2D eigenvalue weighted by Gasteiger charge is -2.18. The molecule has 1 unspecified atom stereocenters. The number of benzene rings is 1. The third kappa shape index (κ3) is 4.93. The molecule has 0 aliphatic carbocycles. The molecular formula is C16H25NO2. The number of methoxy groups -OCH3 is 1. The molecule has 3 nitrogen and oxygen atoms in total. The average Bonchev–Trinajstić information content (AvgIpc) is 2.42. The molecule has 1 aromatic rings. The zero-order valence-corrected chi connectivity index (χ0v) is 12.4. The number of carbonyl (C=O) groups is 1.